The van der Waals surface area contributed by atoms with Gasteiger partial charge < -0.3 is 29.1 Å². The second kappa shape index (κ2) is 11.3. The smallest absolute Gasteiger partial charge is 0.295 e. The van der Waals surface area contributed by atoms with Crippen LogP contribution in [-0.2, 0) is 9.59 Å². The molecular formula is C27H34N2O6. The second-order valence-electron chi connectivity index (χ2n) is 8.32. The number of likely N-dealkylation sites (N-methyl/N-ethyl adjacent to an activating group) is 1. The number of aliphatic hydroxyl groups excluding tert-OH is 1. The van der Waals surface area contributed by atoms with Crippen molar-refractivity contribution in [3.05, 3.63) is 58.7 Å². The van der Waals surface area contributed by atoms with Crippen LogP contribution in [0.4, 0.5) is 0 Å². The normalized spacial score (nSPS) is 17.2. The number of nitrogens with zero attached hydrogens (tertiary/aromatic N) is 2. The van der Waals surface area contributed by atoms with E-state index in [2.05, 4.69) is 18.7 Å². The first-order chi connectivity index (χ1) is 16.8. The summed E-state index contributed by atoms with van der Waals surface area (Å²) in [5, 5.41) is 11.3. The molecule has 188 valence electrons. The van der Waals surface area contributed by atoms with E-state index in [0.29, 0.717) is 41.5 Å². The number of aryl methyl sites for hydroxylation is 1. The highest BCUT2D eigenvalue weighted by atomic mass is 16.5. The lowest BCUT2D eigenvalue weighted by molar-refractivity contribution is -0.140. The second-order valence-corrected chi connectivity index (χ2v) is 8.32. The Bertz CT molecular complexity index is 1120. The minimum absolute atomic E-state index is 0.0475. The summed E-state index contributed by atoms with van der Waals surface area (Å²) in [5.74, 6) is 0.0951. The van der Waals surface area contributed by atoms with Crippen LogP contribution >= 0.6 is 0 Å². The first-order valence-corrected chi connectivity index (χ1v) is 11.7. The van der Waals surface area contributed by atoms with E-state index < -0.39 is 17.7 Å². The van der Waals surface area contributed by atoms with Gasteiger partial charge in [0, 0.05) is 18.7 Å². The molecule has 1 heterocycles. The SMILES string of the molecule is CCN(CC)CCN1C(=O)C(=O)C(=C(O)c2ccc(OC)c(C)c2)[C@@H]1c1ccc(OC)c(OC)c1. The van der Waals surface area contributed by atoms with E-state index in [9.17, 15) is 14.7 Å². The number of benzene rings is 2. The number of likely N-dealkylation sites (tertiary alicyclic amines) is 1. The molecule has 1 N–H and O–H groups in total. The summed E-state index contributed by atoms with van der Waals surface area (Å²) in [7, 11) is 4.64. The predicted molar refractivity (Wildman–Crippen MR) is 134 cm³/mol. The zero-order valence-electron chi connectivity index (χ0n) is 21.3. The molecule has 1 saturated heterocycles. The number of methoxy groups -OCH3 is 3. The standard InChI is InChI=1S/C27H34N2O6/c1-7-28(8-2)13-14-29-24(18-9-12-21(34-5)22(16-18)35-6)23(26(31)27(29)32)25(30)19-10-11-20(33-4)17(3)15-19/h9-12,15-16,24,30H,7-8,13-14H2,1-6H3/t24-/m0/s1. The number of hydrogen-bond acceptors (Lipinski definition) is 7. The number of carbonyl (C=O) groups excluding carboxylic acids is 2. The van der Waals surface area contributed by atoms with Gasteiger partial charge in [0.25, 0.3) is 11.7 Å². The van der Waals surface area contributed by atoms with Gasteiger partial charge in [-0.25, -0.2) is 0 Å². The van der Waals surface area contributed by atoms with Crippen LogP contribution in [0.2, 0.25) is 0 Å². The largest absolute Gasteiger partial charge is 0.507 e. The summed E-state index contributed by atoms with van der Waals surface area (Å²) in [4.78, 5) is 30.2. The third kappa shape index (κ3) is 5.12. The van der Waals surface area contributed by atoms with E-state index in [1.807, 2.05) is 6.92 Å². The van der Waals surface area contributed by atoms with E-state index >= 15 is 0 Å². The van der Waals surface area contributed by atoms with E-state index in [-0.39, 0.29) is 11.3 Å². The first-order valence-electron chi connectivity index (χ1n) is 11.7. The van der Waals surface area contributed by atoms with Crippen molar-refractivity contribution in [1.82, 2.24) is 9.80 Å². The molecule has 0 aromatic heterocycles. The van der Waals surface area contributed by atoms with E-state index in [0.717, 1.165) is 18.7 Å². The number of amides is 1. The van der Waals surface area contributed by atoms with Gasteiger partial charge in [-0.1, -0.05) is 19.9 Å². The molecule has 0 unspecified atom stereocenters. The quantitative estimate of drug-likeness (QED) is 0.313. The molecule has 2 aromatic rings. The molecule has 35 heavy (non-hydrogen) atoms. The van der Waals surface area contributed by atoms with Gasteiger partial charge in [-0.05, 0) is 61.5 Å². The zero-order valence-corrected chi connectivity index (χ0v) is 21.3. The van der Waals surface area contributed by atoms with Crippen LogP contribution in [0.5, 0.6) is 17.2 Å². The maximum atomic E-state index is 13.3. The van der Waals surface area contributed by atoms with E-state index in [1.54, 1.807) is 50.6 Å². The van der Waals surface area contributed by atoms with Crippen LogP contribution in [-0.4, -0.2) is 74.1 Å². The van der Waals surface area contributed by atoms with Crippen molar-refractivity contribution >= 4 is 17.4 Å². The van der Waals surface area contributed by atoms with Gasteiger partial charge in [-0.2, -0.15) is 0 Å². The third-order valence-corrected chi connectivity index (χ3v) is 6.48. The van der Waals surface area contributed by atoms with Gasteiger partial charge in [0.15, 0.2) is 11.5 Å². The first kappa shape index (κ1) is 26.1. The lowest BCUT2D eigenvalue weighted by Gasteiger charge is -2.28. The number of ether oxygens (including phenoxy) is 3. The highest BCUT2D eigenvalue weighted by Crippen LogP contribution is 2.42. The zero-order chi connectivity index (χ0) is 25.7. The molecule has 0 saturated carbocycles. The molecule has 1 aliphatic heterocycles. The number of hydrogen-bond donors (Lipinski definition) is 1. The molecule has 1 fully saturated rings. The lowest BCUT2D eigenvalue weighted by atomic mass is 9.94. The number of carbonyl (C=O) groups is 2. The average Bonchev–Trinajstić information content (AvgIpc) is 3.13. The summed E-state index contributed by atoms with van der Waals surface area (Å²) >= 11 is 0. The highest BCUT2D eigenvalue weighted by molar-refractivity contribution is 6.46. The molecule has 2 aromatic carbocycles. The van der Waals surface area contributed by atoms with Gasteiger partial charge >= 0.3 is 0 Å². The topological polar surface area (TPSA) is 88.5 Å². The Morgan fingerprint density at radius 1 is 0.943 bits per heavy atom. The maximum absolute atomic E-state index is 13.3. The van der Waals surface area contributed by atoms with Gasteiger partial charge in [0.2, 0.25) is 0 Å². The Morgan fingerprint density at radius 3 is 2.14 bits per heavy atom. The molecule has 3 rings (SSSR count). The molecule has 1 aliphatic rings. The van der Waals surface area contributed by atoms with Crippen molar-refractivity contribution in [3.63, 3.8) is 0 Å². The number of rotatable bonds is 10. The van der Waals surface area contributed by atoms with Crippen molar-refractivity contribution in [3.8, 4) is 17.2 Å². The van der Waals surface area contributed by atoms with Gasteiger partial charge in [-0.15, -0.1) is 0 Å². The predicted octanol–water partition coefficient (Wildman–Crippen LogP) is 3.78. The van der Waals surface area contributed by atoms with Crippen molar-refractivity contribution in [2.24, 2.45) is 0 Å². The van der Waals surface area contributed by atoms with Crippen molar-refractivity contribution in [2.45, 2.75) is 26.8 Å². The van der Waals surface area contributed by atoms with E-state index in [4.69, 9.17) is 14.2 Å². The molecule has 1 atom stereocenters. The Balaban J connectivity index is 2.17. The Morgan fingerprint density at radius 2 is 1.57 bits per heavy atom. The molecule has 0 aliphatic carbocycles. The molecule has 1 amide bonds. The Kier molecular flexibility index (Phi) is 8.40. The Labute approximate surface area is 206 Å². The number of Topliss-reactive ketones (excluding diaryl/α,β-unsaturated/α-hetero) is 1. The minimum Gasteiger partial charge on any atom is -0.507 e. The minimum atomic E-state index is -0.771. The monoisotopic (exact) mass is 482 g/mol. The van der Waals surface area contributed by atoms with Crippen LogP contribution < -0.4 is 14.2 Å². The third-order valence-electron chi connectivity index (χ3n) is 6.48. The van der Waals surface area contributed by atoms with Crippen LogP contribution in [0.1, 0.15) is 36.6 Å². The highest BCUT2D eigenvalue weighted by Gasteiger charge is 2.46. The fraction of sp³-hybridized carbons (Fsp3) is 0.407. The maximum Gasteiger partial charge on any atom is 0.295 e. The van der Waals surface area contributed by atoms with Crippen molar-refractivity contribution in [2.75, 3.05) is 47.5 Å². The molecule has 0 radical (unpaired) electrons. The lowest BCUT2D eigenvalue weighted by Crippen LogP contribution is -2.38. The van der Waals surface area contributed by atoms with Gasteiger partial charge in [0.05, 0.1) is 32.9 Å². The molecule has 8 nitrogen and oxygen atoms in total. The fourth-order valence-electron chi connectivity index (χ4n) is 4.45. The summed E-state index contributed by atoms with van der Waals surface area (Å²) in [6, 6.07) is 9.64. The van der Waals surface area contributed by atoms with Crippen LogP contribution in [0.15, 0.2) is 42.0 Å². The summed E-state index contributed by atoms with van der Waals surface area (Å²) in [5.41, 5.74) is 1.94. The van der Waals surface area contributed by atoms with E-state index in [1.165, 1.54) is 12.0 Å². The van der Waals surface area contributed by atoms with Gasteiger partial charge in [-0.3, -0.25) is 9.59 Å². The summed E-state index contributed by atoms with van der Waals surface area (Å²) in [6.07, 6.45) is 0. The van der Waals surface area contributed by atoms with Crippen molar-refractivity contribution < 1.29 is 28.9 Å². The molecule has 0 spiro atoms. The van der Waals surface area contributed by atoms with Crippen LogP contribution in [0, 0.1) is 6.92 Å². The van der Waals surface area contributed by atoms with Gasteiger partial charge in [0.1, 0.15) is 11.5 Å². The van der Waals surface area contributed by atoms with Crippen molar-refractivity contribution in [1.29, 1.82) is 0 Å². The fourth-order valence-corrected chi connectivity index (χ4v) is 4.45. The number of aliphatic hydroxyl groups is 1. The molecule has 8 heteroatoms. The summed E-state index contributed by atoms with van der Waals surface area (Å²) < 4.78 is 16.1. The van der Waals surface area contributed by atoms with Crippen LogP contribution in [0.25, 0.3) is 5.76 Å². The Hall–Kier alpha value is -3.52. The molecule has 0 bridgehead atoms. The number of ketones is 1. The average molecular weight is 483 g/mol. The van der Waals surface area contributed by atoms with Crippen LogP contribution in [0.3, 0.4) is 0 Å². The molecular weight excluding hydrogens is 448 g/mol. The summed E-state index contributed by atoms with van der Waals surface area (Å²) in [6.45, 7) is 8.54.